The van der Waals surface area contributed by atoms with Crippen molar-refractivity contribution in [3.05, 3.63) is 58.0 Å². The standard InChI is InChI=1S/C17H17FN4O4S/c18-12-5-3-11(4-6-12)8-14(23)21-22-16(25)10-19-15(24)9-20-17(26)13-2-1-7-27-13/h1-7H,8-10H2,(H,19,24)(H,20,26)(H,21,23)(H,22,25). The highest BCUT2D eigenvalue weighted by Crippen LogP contribution is 2.07. The van der Waals surface area contributed by atoms with E-state index in [-0.39, 0.29) is 25.4 Å². The molecule has 1 aromatic carbocycles. The summed E-state index contributed by atoms with van der Waals surface area (Å²) in [5.41, 5.74) is 4.91. The minimum absolute atomic E-state index is 0.0400. The van der Waals surface area contributed by atoms with Gasteiger partial charge in [0.2, 0.25) is 11.8 Å². The average molecular weight is 392 g/mol. The zero-order chi connectivity index (χ0) is 19.6. The summed E-state index contributed by atoms with van der Waals surface area (Å²) in [6, 6.07) is 8.72. The van der Waals surface area contributed by atoms with Gasteiger partial charge >= 0.3 is 0 Å². The molecule has 0 atom stereocenters. The maximum absolute atomic E-state index is 12.8. The van der Waals surface area contributed by atoms with E-state index in [1.165, 1.54) is 35.6 Å². The van der Waals surface area contributed by atoms with Crippen LogP contribution in [0.5, 0.6) is 0 Å². The molecule has 0 unspecified atom stereocenters. The summed E-state index contributed by atoms with van der Waals surface area (Å²) in [4.78, 5) is 47.0. The van der Waals surface area contributed by atoms with Gasteiger partial charge in [0, 0.05) is 0 Å². The van der Waals surface area contributed by atoms with Crippen molar-refractivity contribution in [2.24, 2.45) is 0 Å². The molecule has 0 bridgehead atoms. The first-order chi connectivity index (χ1) is 12.9. The SMILES string of the molecule is O=C(CNC(=O)c1cccs1)NCC(=O)NNC(=O)Cc1ccc(F)cc1. The van der Waals surface area contributed by atoms with Crippen LogP contribution in [-0.2, 0) is 20.8 Å². The Labute approximate surface area is 158 Å². The maximum Gasteiger partial charge on any atom is 0.261 e. The Balaban J connectivity index is 1.60. The topological polar surface area (TPSA) is 116 Å². The fourth-order valence-electron chi connectivity index (χ4n) is 1.91. The molecule has 0 saturated heterocycles. The third-order valence-electron chi connectivity index (χ3n) is 3.22. The summed E-state index contributed by atoms with van der Waals surface area (Å²) >= 11 is 1.24. The minimum Gasteiger partial charge on any atom is -0.345 e. The highest BCUT2D eigenvalue weighted by atomic mass is 32.1. The van der Waals surface area contributed by atoms with Crippen molar-refractivity contribution < 1.29 is 23.6 Å². The van der Waals surface area contributed by atoms with Gasteiger partial charge < -0.3 is 10.6 Å². The number of amides is 4. The van der Waals surface area contributed by atoms with Crippen LogP contribution in [0.1, 0.15) is 15.2 Å². The number of halogens is 1. The number of hydrogen-bond acceptors (Lipinski definition) is 5. The zero-order valence-electron chi connectivity index (χ0n) is 14.1. The highest BCUT2D eigenvalue weighted by molar-refractivity contribution is 7.12. The molecule has 4 amide bonds. The zero-order valence-corrected chi connectivity index (χ0v) is 14.9. The largest absolute Gasteiger partial charge is 0.345 e. The Morgan fingerprint density at radius 1 is 0.852 bits per heavy atom. The van der Waals surface area contributed by atoms with Crippen molar-refractivity contribution in [1.82, 2.24) is 21.5 Å². The number of thiophene rings is 1. The Kier molecular flexibility index (Phi) is 7.44. The average Bonchev–Trinajstić information content (AvgIpc) is 3.19. The molecule has 0 aliphatic carbocycles. The van der Waals surface area contributed by atoms with Gasteiger partial charge in [0.1, 0.15) is 5.82 Å². The van der Waals surface area contributed by atoms with Gasteiger partial charge in [-0.15, -0.1) is 11.3 Å². The summed E-state index contributed by atoms with van der Waals surface area (Å²) in [5, 5.41) is 6.47. The molecule has 0 aliphatic heterocycles. The van der Waals surface area contributed by atoms with Crippen molar-refractivity contribution in [2.45, 2.75) is 6.42 Å². The molecule has 10 heteroatoms. The first-order valence-corrected chi connectivity index (χ1v) is 8.72. The van der Waals surface area contributed by atoms with Gasteiger partial charge in [-0.1, -0.05) is 18.2 Å². The molecule has 8 nitrogen and oxygen atoms in total. The van der Waals surface area contributed by atoms with E-state index < -0.39 is 23.5 Å². The second-order valence-electron chi connectivity index (χ2n) is 5.34. The molecular formula is C17H17FN4O4S. The lowest BCUT2D eigenvalue weighted by atomic mass is 10.1. The lowest BCUT2D eigenvalue weighted by Crippen LogP contribution is -2.48. The van der Waals surface area contributed by atoms with Gasteiger partial charge in [0.05, 0.1) is 24.4 Å². The van der Waals surface area contributed by atoms with E-state index in [9.17, 15) is 23.6 Å². The molecule has 0 aliphatic rings. The monoisotopic (exact) mass is 392 g/mol. The van der Waals surface area contributed by atoms with Gasteiger partial charge in [0.25, 0.3) is 11.8 Å². The van der Waals surface area contributed by atoms with Crippen LogP contribution in [0.3, 0.4) is 0 Å². The number of hydrazine groups is 1. The summed E-state index contributed by atoms with van der Waals surface area (Å²) in [6.45, 7) is -0.647. The third kappa shape index (κ3) is 7.24. The van der Waals surface area contributed by atoms with E-state index in [1.54, 1.807) is 17.5 Å². The first-order valence-electron chi connectivity index (χ1n) is 7.84. The molecule has 142 valence electrons. The highest BCUT2D eigenvalue weighted by Gasteiger charge is 2.10. The summed E-state index contributed by atoms with van der Waals surface area (Å²) in [7, 11) is 0. The maximum atomic E-state index is 12.8. The van der Waals surface area contributed by atoms with Crippen LogP contribution in [0.15, 0.2) is 41.8 Å². The molecule has 0 spiro atoms. The number of carbonyl (C=O) groups excluding carboxylic acids is 4. The van der Waals surface area contributed by atoms with E-state index in [4.69, 9.17) is 0 Å². The Hall–Kier alpha value is -3.27. The quantitative estimate of drug-likeness (QED) is 0.501. The third-order valence-corrected chi connectivity index (χ3v) is 4.09. The van der Waals surface area contributed by atoms with Crippen LogP contribution in [0.25, 0.3) is 0 Å². The molecule has 1 heterocycles. The van der Waals surface area contributed by atoms with Gasteiger partial charge in [-0.05, 0) is 29.1 Å². The van der Waals surface area contributed by atoms with Gasteiger partial charge in [0.15, 0.2) is 0 Å². The lowest BCUT2D eigenvalue weighted by molar-refractivity contribution is -0.129. The summed E-state index contributed by atoms with van der Waals surface area (Å²) < 4.78 is 12.8. The summed E-state index contributed by atoms with van der Waals surface area (Å²) in [5.74, 6) is -2.47. The van der Waals surface area contributed by atoms with E-state index in [0.29, 0.717) is 10.4 Å². The van der Waals surface area contributed by atoms with Crippen LogP contribution >= 0.6 is 11.3 Å². The van der Waals surface area contributed by atoms with Crippen LogP contribution in [-0.4, -0.2) is 36.7 Å². The number of benzene rings is 1. The van der Waals surface area contributed by atoms with Crippen molar-refractivity contribution >= 4 is 35.0 Å². The molecule has 2 aromatic rings. The van der Waals surface area contributed by atoms with E-state index in [0.717, 1.165) is 0 Å². The Morgan fingerprint density at radius 3 is 2.19 bits per heavy atom. The second-order valence-corrected chi connectivity index (χ2v) is 6.28. The second kappa shape index (κ2) is 10.0. The van der Waals surface area contributed by atoms with E-state index in [1.807, 2.05) is 0 Å². The predicted molar refractivity (Wildman–Crippen MR) is 96.1 cm³/mol. The minimum atomic E-state index is -0.639. The Bertz CT molecular complexity index is 809. The van der Waals surface area contributed by atoms with Crippen molar-refractivity contribution in [3.63, 3.8) is 0 Å². The van der Waals surface area contributed by atoms with Crippen molar-refractivity contribution in [1.29, 1.82) is 0 Å². The molecule has 0 radical (unpaired) electrons. The molecule has 1 aromatic heterocycles. The van der Waals surface area contributed by atoms with Gasteiger partial charge in [-0.25, -0.2) is 4.39 Å². The first kappa shape index (κ1) is 20.0. The van der Waals surface area contributed by atoms with Crippen molar-refractivity contribution in [2.75, 3.05) is 13.1 Å². The van der Waals surface area contributed by atoms with E-state index in [2.05, 4.69) is 21.5 Å². The van der Waals surface area contributed by atoms with Gasteiger partial charge in [-0.2, -0.15) is 0 Å². The smallest absolute Gasteiger partial charge is 0.261 e. The van der Waals surface area contributed by atoms with E-state index >= 15 is 0 Å². The number of rotatable bonds is 7. The molecule has 2 rings (SSSR count). The molecule has 0 fully saturated rings. The lowest BCUT2D eigenvalue weighted by Gasteiger charge is -2.09. The Morgan fingerprint density at radius 2 is 1.52 bits per heavy atom. The molecule has 4 N–H and O–H groups in total. The molecule has 0 saturated carbocycles. The fraction of sp³-hybridized carbons (Fsp3) is 0.176. The number of nitrogens with one attached hydrogen (secondary N) is 4. The normalized spacial score (nSPS) is 9.96. The number of hydrogen-bond donors (Lipinski definition) is 4. The van der Waals surface area contributed by atoms with Gasteiger partial charge in [-0.3, -0.25) is 30.0 Å². The predicted octanol–water partition coefficient (Wildman–Crippen LogP) is 0.123. The van der Waals surface area contributed by atoms with Crippen LogP contribution in [0.2, 0.25) is 0 Å². The molecular weight excluding hydrogens is 375 g/mol. The van der Waals surface area contributed by atoms with Crippen LogP contribution < -0.4 is 21.5 Å². The van der Waals surface area contributed by atoms with Crippen molar-refractivity contribution in [3.8, 4) is 0 Å². The van der Waals surface area contributed by atoms with Crippen LogP contribution in [0, 0.1) is 5.82 Å². The van der Waals surface area contributed by atoms with Crippen LogP contribution in [0.4, 0.5) is 4.39 Å². The molecule has 27 heavy (non-hydrogen) atoms. The fourth-order valence-corrected chi connectivity index (χ4v) is 2.55. The summed E-state index contributed by atoms with van der Waals surface area (Å²) in [6.07, 6.45) is -0.0400. The number of carbonyl (C=O) groups is 4.